The molecule has 0 aliphatic heterocycles. The molecule has 0 aromatic rings. The first-order valence-electron chi connectivity index (χ1n) is 4.00. The maximum atomic E-state index is 10.9. The quantitative estimate of drug-likeness (QED) is 0.528. The van der Waals surface area contributed by atoms with E-state index in [4.69, 9.17) is 4.74 Å². The van der Waals surface area contributed by atoms with Crippen molar-refractivity contribution < 1.29 is 9.53 Å². The largest absolute Gasteiger partial charge is 0.462 e. The Morgan fingerprint density at radius 1 is 1.45 bits per heavy atom. The van der Waals surface area contributed by atoms with Crippen LogP contribution >= 0.6 is 15.9 Å². The van der Waals surface area contributed by atoms with Crippen molar-refractivity contribution in [3.8, 4) is 0 Å². The Labute approximate surface area is 76.4 Å². The first-order chi connectivity index (χ1) is 5.24. The van der Waals surface area contributed by atoms with Crippen LogP contribution in [0.15, 0.2) is 0 Å². The van der Waals surface area contributed by atoms with Gasteiger partial charge in [-0.25, -0.2) is 0 Å². The average molecular weight is 223 g/mol. The molecule has 0 fully saturated rings. The highest BCUT2D eigenvalue weighted by molar-refractivity contribution is 9.09. The first kappa shape index (κ1) is 11.0. The fourth-order valence-electron chi connectivity index (χ4n) is 0.777. The van der Waals surface area contributed by atoms with Crippen LogP contribution in [0.2, 0.25) is 0 Å². The maximum absolute atomic E-state index is 10.9. The summed E-state index contributed by atoms with van der Waals surface area (Å²) in [6.45, 7) is 4.05. The molecule has 0 bridgehead atoms. The minimum absolute atomic E-state index is 0.101. The van der Waals surface area contributed by atoms with Crippen LogP contribution in [-0.4, -0.2) is 17.4 Å². The maximum Gasteiger partial charge on any atom is 0.306 e. The van der Waals surface area contributed by atoms with Gasteiger partial charge in [0.1, 0.15) is 6.10 Å². The third-order valence-electron chi connectivity index (χ3n) is 1.51. The zero-order valence-electron chi connectivity index (χ0n) is 7.10. The second-order valence-corrected chi connectivity index (χ2v) is 3.16. The van der Waals surface area contributed by atoms with Crippen molar-refractivity contribution in [1.29, 1.82) is 0 Å². The fourth-order valence-corrected chi connectivity index (χ4v) is 1.10. The van der Waals surface area contributed by atoms with Crippen molar-refractivity contribution in [2.24, 2.45) is 0 Å². The Hall–Kier alpha value is -0.0500. The highest BCUT2D eigenvalue weighted by Gasteiger charge is 2.08. The number of ether oxygens (including phenoxy) is 1. The van der Waals surface area contributed by atoms with Gasteiger partial charge in [-0.05, 0) is 12.8 Å². The summed E-state index contributed by atoms with van der Waals surface area (Å²) in [7, 11) is 0. The Bertz CT molecular complexity index is 111. The summed E-state index contributed by atoms with van der Waals surface area (Å²) >= 11 is 3.18. The lowest BCUT2D eigenvalue weighted by Crippen LogP contribution is -2.16. The Morgan fingerprint density at radius 2 is 2.00 bits per heavy atom. The molecule has 0 amide bonds. The van der Waals surface area contributed by atoms with Gasteiger partial charge >= 0.3 is 5.97 Å². The number of hydrogen-bond acceptors (Lipinski definition) is 2. The fraction of sp³-hybridized carbons (Fsp3) is 0.875. The van der Waals surface area contributed by atoms with Crippen LogP contribution in [0.1, 0.15) is 33.1 Å². The number of carbonyl (C=O) groups excluding carboxylic acids is 1. The van der Waals surface area contributed by atoms with E-state index < -0.39 is 0 Å². The van der Waals surface area contributed by atoms with Crippen molar-refractivity contribution in [1.82, 2.24) is 0 Å². The van der Waals surface area contributed by atoms with Crippen LogP contribution in [0.3, 0.4) is 0 Å². The van der Waals surface area contributed by atoms with Crippen LogP contribution < -0.4 is 0 Å². The van der Waals surface area contributed by atoms with Crippen molar-refractivity contribution in [3.05, 3.63) is 0 Å². The second kappa shape index (κ2) is 6.65. The third-order valence-corrected chi connectivity index (χ3v) is 1.90. The van der Waals surface area contributed by atoms with E-state index in [1.807, 2.05) is 13.8 Å². The van der Waals surface area contributed by atoms with Gasteiger partial charge < -0.3 is 4.74 Å². The number of alkyl halides is 1. The minimum Gasteiger partial charge on any atom is -0.462 e. The number of halogens is 1. The number of esters is 1. The average Bonchev–Trinajstić information content (AvgIpc) is 2.01. The van der Waals surface area contributed by atoms with Gasteiger partial charge in [0.15, 0.2) is 0 Å². The van der Waals surface area contributed by atoms with E-state index in [9.17, 15) is 4.79 Å². The van der Waals surface area contributed by atoms with Gasteiger partial charge in [-0.15, -0.1) is 0 Å². The van der Waals surface area contributed by atoms with E-state index in [2.05, 4.69) is 15.9 Å². The number of carbonyl (C=O) groups is 1. The lowest BCUT2D eigenvalue weighted by molar-refractivity contribution is -0.148. The predicted octanol–water partition coefficient (Wildman–Crippen LogP) is 2.50. The van der Waals surface area contributed by atoms with E-state index in [0.29, 0.717) is 11.8 Å². The molecule has 3 heteroatoms. The van der Waals surface area contributed by atoms with Gasteiger partial charge in [0.05, 0.1) is 6.42 Å². The molecule has 0 spiro atoms. The van der Waals surface area contributed by atoms with Gasteiger partial charge in [0.2, 0.25) is 0 Å². The molecule has 66 valence electrons. The van der Waals surface area contributed by atoms with Crippen LogP contribution in [0.5, 0.6) is 0 Å². The van der Waals surface area contributed by atoms with E-state index in [1.54, 1.807) is 0 Å². The van der Waals surface area contributed by atoms with Gasteiger partial charge in [-0.1, -0.05) is 29.8 Å². The Balaban J connectivity index is 3.54. The van der Waals surface area contributed by atoms with Crippen LogP contribution in [0.25, 0.3) is 0 Å². The first-order valence-corrected chi connectivity index (χ1v) is 5.12. The molecule has 0 saturated carbocycles. The molecule has 0 aromatic carbocycles. The van der Waals surface area contributed by atoms with Gasteiger partial charge in [-0.2, -0.15) is 0 Å². The highest BCUT2D eigenvalue weighted by atomic mass is 79.9. The molecule has 0 atom stereocenters. The zero-order chi connectivity index (χ0) is 8.69. The van der Waals surface area contributed by atoms with E-state index in [0.717, 1.165) is 12.8 Å². The summed E-state index contributed by atoms with van der Waals surface area (Å²) in [5, 5.41) is 0.686. The standard InChI is InChI=1S/C8H15BrO2/c1-3-7(4-2)11-8(10)5-6-9/h7H,3-6H2,1-2H3. The van der Waals surface area contributed by atoms with E-state index in [1.165, 1.54) is 0 Å². The molecule has 0 N–H and O–H groups in total. The van der Waals surface area contributed by atoms with Crippen LogP contribution in [-0.2, 0) is 9.53 Å². The normalized spacial score (nSPS) is 10.2. The molecular weight excluding hydrogens is 208 g/mol. The molecule has 0 radical (unpaired) electrons. The summed E-state index contributed by atoms with van der Waals surface area (Å²) in [6, 6.07) is 0. The van der Waals surface area contributed by atoms with E-state index in [-0.39, 0.29) is 12.1 Å². The second-order valence-electron chi connectivity index (χ2n) is 2.37. The summed E-state index contributed by atoms with van der Waals surface area (Å²) in [4.78, 5) is 10.9. The molecule has 11 heavy (non-hydrogen) atoms. The van der Waals surface area contributed by atoms with Crippen molar-refractivity contribution >= 4 is 21.9 Å². The third kappa shape index (κ3) is 5.24. The summed E-state index contributed by atoms with van der Waals surface area (Å²) < 4.78 is 5.12. The molecule has 0 heterocycles. The molecule has 0 aromatic heterocycles. The van der Waals surface area contributed by atoms with Crippen molar-refractivity contribution in [2.75, 3.05) is 5.33 Å². The smallest absolute Gasteiger partial charge is 0.306 e. The SMILES string of the molecule is CCC(CC)OC(=O)CCBr. The summed E-state index contributed by atoms with van der Waals surface area (Å²) in [5.41, 5.74) is 0. The van der Waals surface area contributed by atoms with E-state index >= 15 is 0 Å². The Morgan fingerprint density at radius 3 is 2.36 bits per heavy atom. The van der Waals surface area contributed by atoms with Crippen molar-refractivity contribution in [3.63, 3.8) is 0 Å². The monoisotopic (exact) mass is 222 g/mol. The topological polar surface area (TPSA) is 26.3 Å². The molecular formula is C8H15BrO2. The zero-order valence-corrected chi connectivity index (χ0v) is 8.69. The number of hydrogen-bond donors (Lipinski definition) is 0. The van der Waals surface area contributed by atoms with Gasteiger partial charge in [-0.3, -0.25) is 4.79 Å². The Kier molecular flexibility index (Phi) is 6.62. The molecule has 0 aliphatic carbocycles. The summed E-state index contributed by atoms with van der Waals surface area (Å²) in [5.74, 6) is -0.101. The minimum atomic E-state index is -0.101. The van der Waals surface area contributed by atoms with Crippen LogP contribution in [0.4, 0.5) is 0 Å². The van der Waals surface area contributed by atoms with Crippen molar-refractivity contribution in [2.45, 2.75) is 39.2 Å². The van der Waals surface area contributed by atoms with Gasteiger partial charge in [0.25, 0.3) is 0 Å². The highest BCUT2D eigenvalue weighted by Crippen LogP contribution is 2.04. The van der Waals surface area contributed by atoms with Gasteiger partial charge in [0, 0.05) is 5.33 Å². The lowest BCUT2D eigenvalue weighted by Gasteiger charge is -2.12. The number of rotatable bonds is 5. The molecule has 0 saturated heterocycles. The molecule has 0 aliphatic rings. The molecule has 2 nitrogen and oxygen atoms in total. The van der Waals surface area contributed by atoms with Crippen LogP contribution in [0, 0.1) is 0 Å². The molecule has 0 rings (SSSR count). The lowest BCUT2D eigenvalue weighted by atomic mass is 10.2. The molecule has 0 unspecified atom stereocenters. The summed E-state index contributed by atoms with van der Waals surface area (Å²) in [6.07, 6.45) is 2.40. The predicted molar refractivity (Wildman–Crippen MR) is 48.9 cm³/mol.